The fourth-order valence-electron chi connectivity index (χ4n) is 4.29. The van der Waals surface area contributed by atoms with Gasteiger partial charge in [-0.05, 0) is 18.4 Å². The highest BCUT2D eigenvalue weighted by molar-refractivity contribution is 5.88. The molecule has 0 saturated carbocycles. The summed E-state index contributed by atoms with van der Waals surface area (Å²) in [7, 11) is 0. The molecule has 1 aromatic carbocycles. The zero-order valence-electron chi connectivity index (χ0n) is 19.5. The minimum atomic E-state index is -0.834. The van der Waals surface area contributed by atoms with Crippen molar-refractivity contribution in [3.63, 3.8) is 0 Å². The number of benzene rings is 1. The van der Waals surface area contributed by atoms with Crippen molar-refractivity contribution in [3.05, 3.63) is 35.9 Å². The number of likely N-dealkylation sites (tertiary alicyclic amines) is 1. The number of ether oxygens (including phenoxy) is 2. The number of carbonyl (C=O) groups is 3. The molecule has 3 N–H and O–H groups in total. The summed E-state index contributed by atoms with van der Waals surface area (Å²) < 4.78 is 10.8. The van der Waals surface area contributed by atoms with Gasteiger partial charge in [0.2, 0.25) is 17.7 Å². The van der Waals surface area contributed by atoms with Crippen molar-refractivity contribution in [1.29, 1.82) is 0 Å². The molecule has 2 saturated heterocycles. The molecule has 3 amide bonds. The van der Waals surface area contributed by atoms with Crippen molar-refractivity contribution in [2.24, 2.45) is 0 Å². The Bertz CT molecular complexity index is 862. The first-order valence-corrected chi connectivity index (χ1v) is 11.7. The number of nitrogens with one attached hydrogen (secondary N) is 3. The molecule has 1 atom stereocenters. The summed E-state index contributed by atoms with van der Waals surface area (Å²) in [5.41, 5.74) is 0.500. The monoisotopic (exact) mass is 470 g/mol. The molecule has 2 fully saturated rings. The Morgan fingerprint density at radius 1 is 1.03 bits per heavy atom. The Morgan fingerprint density at radius 3 is 2.50 bits per heavy atom. The summed E-state index contributed by atoms with van der Waals surface area (Å²) in [5.74, 6) is 1.50. The Balaban J connectivity index is 1.69. The summed E-state index contributed by atoms with van der Waals surface area (Å²) in [6.07, 6.45) is 6.77. The van der Waals surface area contributed by atoms with Crippen LogP contribution in [0.4, 0.5) is 0 Å². The lowest BCUT2D eigenvalue weighted by Crippen LogP contribution is -2.58. The van der Waals surface area contributed by atoms with Gasteiger partial charge in [-0.25, -0.2) is 0 Å². The van der Waals surface area contributed by atoms with Crippen LogP contribution in [0.1, 0.15) is 31.2 Å². The highest BCUT2D eigenvalue weighted by Gasteiger charge is 2.38. The first-order chi connectivity index (χ1) is 16.5. The molecule has 1 aromatic rings. The van der Waals surface area contributed by atoms with Crippen molar-refractivity contribution in [1.82, 2.24) is 20.9 Å². The maximum atomic E-state index is 13.0. The standard InChI is InChI=1S/C25H34N4O5/c1-2-6-21-24(32)26-11-14-33-15-16-34-19-23(31)28-25(17-22(30)27-21)9-12-29(13-10-25)18-20-7-4-3-5-8-20/h1,3-5,7-8,21H,6,9-19H2,(H,26,32)(H,27,30)(H,28,31)/t21-/m1/s1. The maximum absolute atomic E-state index is 13.0. The summed E-state index contributed by atoms with van der Waals surface area (Å²) in [6.45, 7) is 3.32. The van der Waals surface area contributed by atoms with Gasteiger partial charge in [-0.15, -0.1) is 12.3 Å². The van der Waals surface area contributed by atoms with Crippen LogP contribution in [0.2, 0.25) is 0 Å². The Kier molecular flexibility index (Phi) is 9.89. The molecular formula is C25H34N4O5. The fraction of sp³-hybridized carbons (Fsp3) is 0.560. The molecule has 0 unspecified atom stereocenters. The quantitative estimate of drug-likeness (QED) is 0.545. The predicted molar refractivity (Wildman–Crippen MR) is 126 cm³/mol. The van der Waals surface area contributed by atoms with Crippen LogP contribution in [0, 0.1) is 12.3 Å². The van der Waals surface area contributed by atoms with Gasteiger partial charge in [-0.1, -0.05) is 30.3 Å². The average Bonchev–Trinajstić information content (AvgIpc) is 2.82. The number of hydrogen-bond acceptors (Lipinski definition) is 6. The van der Waals surface area contributed by atoms with Crippen LogP contribution < -0.4 is 16.0 Å². The summed E-state index contributed by atoms with van der Waals surface area (Å²) in [5, 5.41) is 8.55. The van der Waals surface area contributed by atoms with Gasteiger partial charge in [-0.2, -0.15) is 0 Å². The van der Waals surface area contributed by atoms with E-state index in [4.69, 9.17) is 15.9 Å². The van der Waals surface area contributed by atoms with Crippen molar-refractivity contribution in [2.75, 3.05) is 46.1 Å². The molecule has 9 nitrogen and oxygen atoms in total. The van der Waals surface area contributed by atoms with Gasteiger partial charge < -0.3 is 25.4 Å². The lowest BCUT2D eigenvalue weighted by Gasteiger charge is -2.42. The van der Waals surface area contributed by atoms with Crippen LogP contribution in [-0.2, 0) is 30.4 Å². The van der Waals surface area contributed by atoms with Gasteiger partial charge in [0.25, 0.3) is 0 Å². The Labute approximate surface area is 200 Å². The van der Waals surface area contributed by atoms with Crippen molar-refractivity contribution < 1.29 is 23.9 Å². The molecule has 3 rings (SSSR count). The normalized spacial score (nSPS) is 23.4. The van der Waals surface area contributed by atoms with E-state index in [1.807, 2.05) is 18.2 Å². The van der Waals surface area contributed by atoms with E-state index in [-0.39, 0.29) is 50.3 Å². The Hall–Kier alpha value is -2.93. The number of carbonyl (C=O) groups excluding carboxylic acids is 3. The molecule has 2 heterocycles. The van der Waals surface area contributed by atoms with E-state index in [2.05, 4.69) is 38.9 Å². The molecule has 9 heteroatoms. The van der Waals surface area contributed by atoms with Gasteiger partial charge in [-0.3, -0.25) is 19.3 Å². The van der Waals surface area contributed by atoms with Crippen LogP contribution in [0.15, 0.2) is 30.3 Å². The van der Waals surface area contributed by atoms with Crippen LogP contribution in [0.5, 0.6) is 0 Å². The second-order valence-corrected chi connectivity index (χ2v) is 8.75. The highest BCUT2D eigenvalue weighted by Crippen LogP contribution is 2.27. The molecule has 2 aliphatic heterocycles. The van der Waals surface area contributed by atoms with Crippen molar-refractivity contribution >= 4 is 17.7 Å². The van der Waals surface area contributed by atoms with Crippen LogP contribution in [-0.4, -0.2) is 80.3 Å². The summed E-state index contributed by atoms with van der Waals surface area (Å²) >= 11 is 0. The first-order valence-electron chi connectivity index (χ1n) is 11.7. The van der Waals surface area contributed by atoms with Crippen molar-refractivity contribution in [3.8, 4) is 12.3 Å². The lowest BCUT2D eigenvalue weighted by molar-refractivity contribution is -0.133. The van der Waals surface area contributed by atoms with Crippen LogP contribution in [0.25, 0.3) is 0 Å². The van der Waals surface area contributed by atoms with Gasteiger partial charge in [0.15, 0.2) is 0 Å². The second kappa shape index (κ2) is 13.1. The van der Waals surface area contributed by atoms with Gasteiger partial charge in [0, 0.05) is 39.0 Å². The largest absolute Gasteiger partial charge is 0.377 e. The third kappa shape index (κ3) is 8.13. The van der Waals surface area contributed by atoms with E-state index < -0.39 is 11.6 Å². The first kappa shape index (κ1) is 25.7. The molecule has 2 aliphatic rings. The fourth-order valence-corrected chi connectivity index (χ4v) is 4.29. The Morgan fingerprint density at radius 2 is 1.76 bits per heavy atom. The third-order valence-electron chi connectivity index (χ3n) is 6.09. The highest BCUT2D eigenvalue weighted by atomic mass is 16.5. The predicted octanol–water partition coefficient (Wildman–Crippen LogP) is 0.199. The minimum absolute atomic E-state index is 0.0649. The number of nitrogens with zero attached hydrogens (tertiary/aromatic N) is 1. The van der Waals surface area contributed by atoms with E-state index in [0.717, 1.165) is 19.6 Å². The van der Waals surface area contributed by atoms with Gasteiger partial charge in [0.1, 0.15) is 12.6 Å². The molecular weight excluding hydrogens is 436 g/mol. The zero-order valence-corrected chi connectivity index (χ0v) is 19.5. The smallest absolute Gasteiger partial charge is 0.246 e. The zero-order chi connectivity index (χ0) is 24.2. The topological polar surface area (TPSA) is 109 Å². The van der Waals surface area contributed by atoms with E-state index in [1.165, 1.54) is 5.56 Å². The molecule has 1 spiro atoms. The number of piperidine rings is 1. The van der Waals surface area contributed by atoms with Gasteiger partial charge in [0.05, 0.1) is 25.4 Å². The van der Waals surface area contributed by atoms with E-state index in [0.29, 0.717) is 26.1 Å². The molecule has 0 radical (unpaired) electrons. The van der Waals surface area contributed by atoms with Gasteiger partial charge >= 0.3 is 0 Å². The number of amides is 3. The summed E-state index contributed by atoms with van der Waals surface area (Å²) in [4.78, 5) is 40.4. The molecule has 0 bridgehead atoms. The molecule has 0 aromatic heterocycles. The van der Waals surface area contributed by atoms with Crippen LogP contribution >= 0.6 is 0 Å². The number of hydrogen-bond donors (Lipinski definition) is 3. The van der Waals surface area contributed by atoms with E-state index >= 15 is 0 Å². The summed E-state index contributed by atoms with van der Waals surface area (Å²) in [6, 6.07) is 9.36. The molecule has 0 aliphatic carbocycles. The average molecular weight is 471 g/mol. The van der Waals surface area contributed by atoms with E-state index in [1.54, 1.807) is 0 Å². The number of rotatable bonds is 3. The van der Waals surface area contributed by atoms with E-state index in [9.17, 15) is 14.4 Å². The lowest BCUT2D eigenvalue weighted by atomic mass is 9.83. The van der Waals surface area contributed by atoms with Crippen LogP contribution in [0.3, 0.4) is 0 Å². The molecule has 184 valence electrons. The third-order valence-corrected chi connectivity index (χ3v) is 6.09. The maximum Gasteiger partial charge on any atom is 0.246 e. The van der Waals surface area contributed by atoms with Crippen molar-refractivity contribution in [2.45, 2.75) is 43.8 Å². The minimum Gasteiger partial charge on any atom is -0.377 e. The second-order valence-electron chi connectivity index (χ2n) is 8.75. The number of terminal acetylenes is 1. The SMILES string of the molecule is C#CC[C@H]1NC(=O)CC2(CCN(Cc3ccccc3)CC2)NC(=O)COCCOCCNC1=O. The molecule has 34 heavy (non-hydrogen) atoms.